The van der Waals surface area contributed by atoms with Crippen molar-refractivity contribution in [3.63, 3.8) is 0 Å². The molecule has 1 aromatic heterocycles. The summed E-state index contributed by atoms with van der Waals surface area (Å²) in [6.45, 7) is 3.70. The summed E-state index contributed by atoms with van der Waals surface area (Å²) in [4.78, 5) is 15.8. The maximum atomic E-state index is 13.6. The van der Waals surface area contributed by atoms with Crippen molar-refractivity contribution >= 4 is 11.0 Å². The first-order valence-electron chi connectivity index (χ1n) is 10.8. The van der Waals surface area contributed by atoms with E-state index in [-0.39, 0.29) is 5.43 Å². The maximum absolute atomic E-state index is 13.6. The Bertz CT molecular complexity index is 1380. The minimum atomic E-state index is -0.0797. The van der Waals surface area contributed by atoms with E-state index < -0.39 is 0 Å². The van der Waals surface area contributed by atoms with Crippen LogP contribution in [0.25, 0.3) is 22.1 Å². The molecule has 0 saturated carbocycles. The van der Waals surface area contributed by atoms with Crippen LogP contribution in [0.4, 0.5) is 0 Å². The van der Waals surface area contributed by atoms with Gasteiger partial charge < -0.3 is 18.6 Å². The number of hydrogen-bond donors (Lipinski definition) is 0. The highest BCUT2D eigenvalue weighted by molar-refractivity contribution is 5.87. The quantitative estimate of drug-likeness (QED) is 0.426. The van der Waals surface area contributed by atoms with E-state index in [1.165, 1.54) is 5.56 Å². The van der Waals surface area contributed by atoms with Gasteiger partial charge in [0, 0.05) is 13.1 Å². The minimum Gasteiger partial charge on any atom is -0.493 e. The number of rotatable bonds is 5. The van der Waals surface area contributed by atoms with Gasteiger partial charge in [0.2, 0.25) is 5.43 Å². The highest BCUT2D eigenvalue weighted by Crippen LogP contribution is 2.36. The molecular formula is C27H25NO5. The number of nitrogens with zero attached hydrogens (tertiary/aromatic N) is 1. The van der Waals surface area contributed by atoms with Gasteiger partial charge in [0.25, 0.3) is 0 Å². The lowest BCUT2D eigenvalue weighted by Crippen LogP contribution is -2.31. The third kappa shape index (κ3) is 3.83. The fraction of sp³-hybridized carbons (Fsp3) is 0.222. The highest BCUT2D eigenvalue weighted by atomic mass is 16.5. The molecule has 0 N–H and O–H groups in total. The van der Waals surface area contributed by atoms with E-state index in [2.05, 4.69) is 17.0 Å². The molecule has 0 aliphatic carbocycles. The van der Waals surface area contributed by atoms with E-state index in [1.54, 1.807) is 32.4 Å². The molecule has 0 fully saturated rings. The third-order valence-corrected chi connectivity index (χ3v) is 6.00. The average molecular weight is 443 g/mol. The summed E-state index contributed by atoms with van der Waals surface area (Å²) in [6, 6.07) is 19.3. The van der Waals surface area contributed by atoms with Gasteiger partial charge in [0.1, 0.15) is 23.8 Å². The summed E-state index contributed by atoms with van der Waals surface area (Å²) in [5.74, 6) is 2.47. The fourth-order valence-corrected chi connectivity index (χ4v) is 4.39. The summed E-state index contributed by atoms with van der Waals surface area (Å²) in [6.07, 6.45) is 0. The van der Waals surface area contributed by atoms with Crippen LogP contribution in [-0.2, 0) is 13.1 Å². The zero-order chi connectivity index (χ0) is 22.9. The summed E-state index contributed by atoms with van der Waals surface area (Å²) >= 11 is 0. The second kappa shape index (κ2) is 8.64. The first-order valence-corrected chi connectivity index (χ1v) is 10.8. The Morgan fingerprint density at radius 2 is 1.76 bits per heavy atom. The van der Waals surface area contributed by atoms with Crippen LogP contribution in [0, 0.1) is 6.92 Å². The number of aryl methyl sites for hydroxylation is 1. The van der Waals surface area contributed by atoms with E-state index in [4.69, 9.17) is 18.6 Å². The molecule has 0 atom stereocenters. The van der Waals surface area contributed by atoms with Crippen molar-refractivity contribution in [1.82, 2.24) is 4.90 Å². The lowest BCUT2D eigenvalue weighted by Gasteiger charge is -2.29. The molecule has 2 heterocycles. The van der Waals surface area contributed by atoms with Crippen molar-refractivity contribution in [3.8, 4) is 28.4 Å². The number of hydrogen-bond acceptors (Lipinski definition) is 6. The molecule has 6 heteroatoms. The van der Waals surface area contributed by atoms with E-state index in [9.17, 15) is 4.79 Å². The first kappa shape index (κ1) is 21.1. The fourth-order valence-electron chi connectivity index (χ4n) is 4.39. The van der Waals surface area contributed by atoms with Crippen LogP contribution in [0.5, 0.6) is 17.2 Å². The van der Waals surface area contributed by atoms with Gasteiger partial charge in [-0.25, -0.2) is 0 Å². The first-order chi connectivity index (χ1) is 16.1. The number of benzene rings is 3. The molecule has 33 heavy (non-hydrogen) atoms. The molecule has 4 aromatic rings. The lowest BCUT2D eigenvalue weighted by molar-refractivity contribution is 0.0890. The molecule has 3 aromatic carbocycles. The van der Waals surface area contributed by atoms with Crippen LogP contribution in [0.15, 0.2) is 69.9 Å². The Morgan fingerprint density at radius 1 is 0.970 bits per heavy atom. The van der Waals surface area contributed by atoms with E-state index in [0.717, 1.165) is 23.4 Å². The van der Waals surface area contributed by atoms with Gasteiger partial charge in [-0.05, 0) is 42.3 Å². The SMILES string of the molecule is COc1ccc(-c2c(C)oc3c4c(ccc3c2=O)OCN(Cc2ccccc2)C4)cc1OC. The number of methoxy groups -OCH3 is 2. The highest BCUT2D eigenvalue weighted by Gasteiger charge is 2.24. The van der Waals surface area contributed by atoms with Crippen LogP contribution in [-0.4, -0.2) is 25.9 Å². The Hall–Kier alpha value is -3.77. The zero-order valence-corrected chi connectivity index (χ0v) is 18.9. The molecule has 0 spiro atoms. The van der Waals surface area contributed by atoms with Gasteiger partial charge in [-0.3, -0.25) is 9.69 Å². The Labute approximate surface area is 191 Å². The predicted molar refractivity (Wildman–Crippen MR) is 127 cm³/mol. The normalized spacial score (nSPS) is 13.4. The van der Waals surface area contributed by atoms with Crippen molar-refractivity contribution in [2.75, 3.05) is 21.0 Å². The van der Waals surface area contributed by atoms with Crippen molar-refractivity contribution in [2.45, 2.75) is 20.0 Å². The Morgan fingerprint density at radius 3 is 2.52 bits per heavy atom. The summed E-state index contributed by atoms with van der Waals surface area (Å²) in [5, 5.41) is 0.536. The Balaban J connectivity index is 1.57. The second-order valence-corrected chi connectivity index (χ2v) is 8.10. The third-order valence-electron chi connectivity index (χ3n) is 6.00. The van der Waals surface area contributed by atoms with Gasteiger partial charge in [-0.2, -0.15) is 0 Å². The van der Waals surface area contributed by atoms with Gasteiger partial charge >= 0.3 is 0 Å². The van der Waals surface area contributed by atoms with Gasteiger partial charge in [0.05, 0.1) is 30.7 Å². The standard InChI is InChI=1S/C27H25NO5/c1-17-25(19-9-11-23(30-2)24(13-19)31-3)26(29)20-10-12-22-21(27(20)33-17)15-28(16-32-22)14-18-7-5-4-6-8-18/h4-13H,14-16H2,1-3H3. The summed E-state index contributed by atoms with van der Waals surface area (Å²) in [7, 11) is 3.16. The molecule has 0 unspecified atom stereocenters. The maximum Gasteiger partial charge on any atom is 0.200 e. The molecule has 0 radical (unpaired) electrons. The molecule has 0 amide bonds. The number of ether oxygens (including phenoxy) is 3. The second-order valence-electron chi connectivity index (χ2n) is 8.10. The molecule has 1 aliphatic heterocycles. The van der Waals surface area contributed by atoms with Crippen LogP contribution >= 0.6 is 0 Å². The van der Waals surface area contributed by atoms with Crippen molar-refractivity contribution < 1.29 is 18.6 Å². The van der Waals surface area contributed by atoms with Crippen LogP contribution < -0.4 is 19.6 Å². The van der Waals surface area contributed by atoms with E-state index in [1.807, 2.05) is 37.3 Å². The molecule has 0 bridgehead atoms. The van der Waals surface area contributed by atoms with Crippen LogP contribution in [0.1, 0.15) is 16.9 Å². The largest absolute Gasteiger partial charge is 0.493 e. The minimum absolute atomic E-state index is 0.0797. The number of fused-ring (bicyclic) bond motifs is 3. The topological polar surface area (TPSA) is 61.1 Å². The van der Waals surface area contributed by atoms with Crippen LogP contribution in [0.2, 0.25) is 0 Å². The average Bonchev–Trinajstić information content (AvgIpc) is 2.84. The predicted octanol–water partition coefficient (Wildman–Crippen LogP) is 5.14. The lowest BCUT2D eigenvalue weighted by atomic mass is 10.00. The molecule has 168 valence electrons. The molecular weight excluding hydrogens is 418 g/mol. The molecule has 1 aliphatic rings. The summed E-state index contributed by atoms with van der Waals surface area (Å²) < 4.78 is 23.0. The van der Waals surface area contributed by atoms with Gasteiger partial charge in [0.15, 0.2) is 11.5 Å². The van der Waals surface area contributed by atoms with Crippen molar-refractivity contribution in [1.29, 1.82) is 0 Å². The Kier molecular flexibility index (Phi) is 5.52. The summed E-state index contributed by atoms with van der Waals surface area (Å²) in [5.41, 5.74) is 3.84. The smallest absolute Gasteiger partial charge is 0.200 e. The van der Waals surface area contributed by atoms with E-state index >= 15 is 0 Å². The van der Waals surface area contributed by atoms with Crippen molar-refractivity contribution in [3.05, 3.63) is 87.8 Å². The van der Waals surface area contributed by atoms with Crippen LogP contribution in [0.3, 0.4) is 0 Å². The molecule has 6 nitrogen and oxygen atoms in total. The van der Waals surface area contributed by atoms with Gasteiger partial charge in [-0.15, -0.1) is 0 Å². The zero-order valence-electron chi connectivity index (χ0n) is 18.9. The molecule has 0 saturated heterocycles. The van der Waals surface area contributed by atoms with Gasteiger partial charge in [-0.1, -0.05) is 36.4 Å². The van der Waals surface area contributed by atoms with Crippen molar-refractivity contribution in [2.24, 2.45) is 0 Å². The molecule has 5 rings (SSSR count). The monoisotopic (exact) mass is 443 g/mol. The van der Waals surface area contributed by atoms with E-state index in [0.29, 0.717) is 47.1 Å².